The molecule has 2 heteroatoms. The van der Waals surface area contributed by atoms with Crippen LogP contribution >= 0.6 is 0 Å². The summed E-state index contributed by atoms with van der Waals surface area (Å²) < 4.78 is 5.71. The lowest BCUT2D eigenvalue weighted by molar-refractivity contribution is -0.0384. The van der Waals surface area contributed by atoms with Crippen molar-refractivity contribution >= 4 is 0 Å². The Kier molecular flexibility index (Phi) is 4.03. The van der Waals surface area contributed by atoms with Gasteiger partial charge in [0, 0.05) is 0 Å². The van der Waals surface area contributed by atoms with Crippen LogP contribution in [0.5, 0.6) is 5.75 Å². The van der Waals surface area contributed by atoms with E-state index in [0.717, 1.165) is 25.0 Å². The molecule has 3 atom stereocenters. The van der Waals surface area contributed by atoms with Crippen LogP contribution < -0.4 is 4.74 Å². The van der Waals surface area contributed by atoms with Gasteiger partial charge < -0.3 is 9.84 Å². The molecule has 1 fully saturated rings. The lowest BCUT2D eigenvalue weighted by Gasteiger charge is -2.55. The second-order valence-electron chi connectivity index (χ2n) is 8.97. The molecule has 23 heavy (non-hydrogen) atoms. The van der Waals surface area contributed by atoms with Gasteiger partial charge in [0.2, 0.25) is 0 Å². The molecular weight excluding hydrogens is 284 g/mol. The summed E-state index contributed by atoms with van der Waals surface area (Å²) in [6, 6.07) is 4.65. The Morgan fingerprint density at radius 1 is 1.17 bits per heavy atom. The van der Waals surface area contributed by atoms with Crippen LogP contribution in [-0.2, 0) is 11.8 Å². The van der Waals surface area contributed by atoms with E-state index in [1.165, 1.54) is 23.1 Å². The standard InChI is InChI=1S/C21H32O2/c1-13(2)16-9-14-7-8-19-20(3,4)11-15(22)12-21(19,5)17(14)10-18(16)23-6/h9-10,13,15,19,22H,7-8,11-12H2,1-6H3/t15-,19-,21+/m0/s1. The van der Waals surface area contributed by atoms with Crippen molar-refractivity contribution in [2.45, 2.75) is 77.7 Å². The largest absolute Gasteiger partial charge is 0.496 e. The van der Waals surface area contributed by atoms with Gasteiger partial charge in [-0.25, -0.2) is 0 Å². The minimum atomic E-state index is -0.201. The molecular formula is C21H32O2. The zero-order valence-corrected chi connectivity index (χ0v) is 15.6. The van der Waals surface area contributed by atoms with Gasteiger partial charge in [0.1, 0.15) is 5.75 Å². The Balaban J connectivity index is 2.15. The highest BCUT2D eigenvalue weighted by molar-refractivity contribution is 5.49. The maximum absolute atomic E-state index is 10.5. The highest BCUT2D eigenvalue weighted by atomic mass is 16.5. The van der Waals surface area contributed by atoms with E-state index in [1.807, 2.05) is 0 Å². The molecule has 0 unspecified atom stereocenters. The first-order chi connectivity index (χ1) is 10.7. The normalized spacial score (nSPS) is 32.3. The van der Waals surface area contributed by atoms with E-state index in [9.17, 15) is 5.11 Å². The lowest BCUT2D eigenvalue weighted by Crippen LogP contribution is -2.52. The van der Waals surface area contributed by atoms with Crippen molar-refractivity contribution in [1.29, 1.82) is 0 Å². The molecule has 2 aliphatic rings. The molecule has 0 amide bonds. The van der Waals surface area contributed by atoms with E-state index >= 15 is 0 Å². The van der Waals surface area contributed by atoms with Gasteiger partial charge in [-0.05, 0) is 71.1 Å². The first-order valence-corrected chi connectivity index (χ1v) is 9.08. The van der Waals surface area contributed by atoms with Gasteiger partial charge in [-0.1, -0.05) is 40.7 Å². The molecule has 128 valence electrons. The lowest BCUT2D eigenvalue weighted by atomic mass is 9.49. The second-order valence-corrected chi connectivity index (χ2v) is 8.97. The van der Waals surface area contributed by atoms with Crippen molar-refractivity contribution in [3.05, 3.63) is 28.8 Å². The number of aliphatic hydroxyl groups excluding tert-OH is 1. The van der Waals surface area contributed by atoms with Crippen LogP contribution in [0.3, 0.4) is 0 Å². The molecule has 2 aliphatic carbocycles. The summed E-state index contributed by atoms with van der Waals surface area (Å²) in [4.78, 5) is 0. The molecule has 3 rings (SSSR count). The van der Waals surface area contributed by atoms with Crippen molar-refractivity contribution in [1.82, 2.24) is 0 Å². The molecule has 0 aromatic heterocycles. The number of hydrogen-bond acceptors (Lipinski definition) is 2. The highest BCUT2D eigenvalue weighted by Gasteiger charge is 2.52. The Bertz CT molecular complexity index is 602. The smallest absolute Gasteiger partial charge is 0.122 e. The summed E-state index contributed by atoms with van der Waals surface area (Å²) in [6.45, 7) is 11.5. The van der Waals surface area contributed by atoms with Gasteiger partial charge in [0.05, 0.1) is 13.2 Å². The van der Waals surface area contributed by atoms with Gasteiger partial charge in [-0.3, -0.25) is 0 Å². The van der Waals surface area contributed by atoms with Crippen molar-refractivity contribution in [3.8, 4) is 5.75 Å². The summed E-state index contributed by atoms with van der Waals surface area (Å²) in [6.07, 6.45) is 3.97. The number of rotatable bonds is 2. The third-order valence-corrected chi connectivity index (χ3v) is 6.53. The Labute approximate surface area is 141 Å². The molecule has 0 radical (unpaired) electrons. The fourth-order valence-electron chi connectivity index (χ4n) is 5.63. The van der Waals surface area contributed by atoms with Crippen LogP contribution in [0.15, 0.2) is 12.1 Å². The van der Waals surface area contributed by atoms with Crippen molar-refractivity contribution < 1.29 is 9.84 Å². The van der Waals surface area contributed by atoms with Crippen LogP contribution in [0.4, 0.5) is 0 Å². The van der Waals surface area contributed by atoms with Gasteiger partial charge in [-0.15, -0.1) is 0 Å². The van der Waals surface area contributed by atoms with E-state index in [1.54, 1.807) is 7.11 Å². The second kappa shape index (κ2) is 5.51. The number of hydrogen-bond donors (Lipinski definition) is 1. The zero-order chi connectivity index (χ0) is 17.0. The molecule has 0 saturated heterocycles. The highest BCUT2D eigenvalue weighted by Crippen LogP contribution is 2.57. The summed E-state index contributed by atoms with van der Waals surface area (Å²) >= 11 is 0. The molecule has 0 aliphatic heterocycles. The average Bonchev–Trinajstić information content (AvgIpc) is 2.44. The number of aliphatic hydroxyl groups is 1. The fraction of sp³-hybridized carbons (Fsp3) is 0.714. The topological polar surface area (TPSA) is 29.5 Å². The van der Waals surface area contributed by atoms with Crippen LogP contribution in [0.25, 0.3) is 0 Å². The molecule has 0 heterocycles. The molecule has 0 bridgehead atoms. The first kappa shape index (κ1) is 16.8. The van der Waals surface area contributed by atoms with Crippen molar-refractivity contribution in [3.63, 3.8) is 0 Å². The molecule has 1 aromatic carbocycles. The van der Waals surface area contributed by atoms with Crippen LogP contribution in [0.2, 0.25) is 0 Å². The first-order valence-electron chi connectivity index (χ1n) is 9.08. The number of ether oxygens (including phenoxy) is 1. The zero-order valence-electron chi connectivity index (χ0n) is 15.6. The molecule has 2 nitrogen and oxygen atoms in total. The monoisotopic (exact) mass is 316 g/mol. The van der Waals surface area contributed by atoms with E-state index < -0.39 is 0 Å². The van der Waals surface area contributed by atoms with Crippen LogP contribution in [0, 0.1) is 11.3 Å². The van der Waals surface area contributed by atoms with Crippen molar-refractivity contribution in [2.24, 2.45) is 11.3 Å². The minimum Gasteiger partial charge on any atom is -0.496 e. The third-order valence-electron chi connectivity index (χ3n) is 6.53. The number of aryl methyl sites for hydroxylation is 1. The Hall–Kier alpha value is -1.02. The summed E-state index contributed by atoms with van der Waals surface area (Å²) in [5.74, 6) is 2.10. The Morgan fingerprint density at radius 3 is 2.48 bits per heavy atom. The summed E-state index contributed by atoms with van der Waals surface area (Å²) in [5.41, 5.74) is 4.44. The quantitative estimate of drug-likeness (QED) is 0.847. The SMILES string of the molecule is COc1cc2c(cc1C(C)C)CC[C@H]1C(C)(C)C[C@H](O)C[C@]21C. The molecule has 1 N–H and O–H groups in total. The summed E-state index contributed by atoms with van der Waals surface area (Å²) in [5, 5.41) is 10.5. The predicted molar refractivity (Wildman–Crippen MR) is 95.3 cm³/mol. The van der Waals surface area contributed by atoms with Crippen LogP contribution in [0.1, 0.15) is 76.5 Å². The van der Waals surface area contributed by atoms with Gasteiger partial charge in [0.15, 0.2) is 0 Å². The minimum absolute atomic E-state index is 0.0531. The van der Waals surface area contributed by atoms with Gasteiger partial charge in [-0.2, -0.15) is 0 Å². The molecule has 1 aromatic rings. The van der Waals surface area contributed by atoms with E-state index in [0.29, 0.717) is 11.8 Å². The summed E-state index contributed by atoms with van der Waals surface area (Å²) in [7, 11) is 1.77. The van der Waals surface area contributed by atoms with Gasteiger partial charge >= 0.3 is 0 Å². The molecule has 0 spiro atoms. The number of benzene rings is 1. The van der Waals surface area contributed by atoms with E-state index in [2.05, 4.69) is 46.8 Å². The van der Waals surface area contributed by atoms with Gasteiger partial charge in [0.25, 0.3) is 0 Å². The molecule has 1 saturated carbocycles. The van der Waals surface area contributed by atoms with E-state index in [-0.39, 0.29) is 16.9 Å². The fourth-order valence-corrected chi connectivity index (χ4v) is 5.63. The van der Waals surface area contributed by atoms with Crippen LogP contribution in [-0.4, -0.2) is 18.3 Å². The number of methoxy groups -OCH3 is 1. The third kappa shape index (κ3) is 2.59. The number of fused-ring (bicyclic) bond motifs is 3. The van der Waals surface area contributed by atoms with Crippen molar-refractivity contribution in [2.75, 3.05) is 7.11 Å². The predicted octanol–water partition coefficient (Wildman–Crippen LogP) is 4.82. The maximum Gasteiger partial charge on any atom is 0.122 e. The average molecular weight is 316 g/mol. The van der Waals surface area contributed by atoms with E-state index in [4.69, 9.17) is 4.74 Å². The Morgan fingerprint density at radius 2 is 1.87 bits per heavy atom. The maximum atomic E-state index is 10.5.